The molecule has 1 heterocycles. The Balaban J connectivity index is 2.40. The minimum atomic E-state index is -0.217. The molecule has 2 rings (SSSR count). The zero-order chi connectivity index (χ0) is 14.0. The van der Waals surface area contributed by atoms with E-state index in [4.69, 9.17) is 4.42 Å². The zero-order valence-electron chi connectivity index (χ0n) is 12.1. The molecular weight excluding hydrogens is 241 g/mol. The fourth-order valence-corrected chi connectivity index (χ4v) is 2.47. The quantitative estimate of drug-likeness (QED) is 0.854. The lowest BCUT2D eigenvalue weighted by Gasteiger charge is -2.18. The van der Waals surface area contributed by atoms with E-state index in [9.17, 15) is 4.39 Å². The molecule has 0 aliphatic heterocycles. The van der Waals surface area contributed by atoms with Gasteiger partial charge in [-0.25, -0.2) is 4.39 Å². The molecule has 0 amide bonds. The summed E-state index contributed by atoms with van der Waals surface area (Å²) in [4.78, 5) is 0. The van der Waals surface area contributed by atoms with Crippen LogP contribution in [0.2, 0.25) is 0 Å². The van der Waals surface area contributed by atoms with Gasteiger partial charge in [-0.2, -0.15) is 0 Å². The van der Waals surface area contributed by atoms with Gasteiger partial charge < -0.3 is 9.73 Å². The summed E-state index contributed by atoms with van der Waals surface area (Å²) >= 11 is 0. The summed E-state index contributed by atoms with van der Waals surface area (Å²) in [6.07, 6.45) is 2.17. The predicted molar refractivity (Wildman–Crippen MR) is 76.8 cm³/mol. The lowest BCUT2D eigenvalue weighted by Crippen LogP contribution is -2.19. The molecule has 19 heavy (non-hydrogen) atoms. The van der Waals surface area contributed by atoms with E-state index in [1.54, 1.807) is 12.1 Å². The SMILES string of the molecule is CCC(C)CC(NC)c1oc2ccc(F)cc2c1C. The molecule has 2 nitrogen and oxygen atoms in total. The fraction of sp³-hybridized carbons (Fsp3) is 0.500. The second-order valence-corrected chi connectivity index (χ2v) is 5.32. The molecule has 2 aromatic rings. The Morgan fingerprint density at radius 2 is 2.11 bits per heavy atom. The third kappa shape index (κ3) is 2.81. The first-order valence-corrected chi connectivity index (χ1v) is 6.92. The van der Waals surface area contributed by atoms with Crippen molar-refractivity contribution < 1.29 is 8.81 Å². The number of rotatable bonds is 5. The lowest BCUT2D eigenvalue weighted by atomic mass is 9.96. The Morgan fingerprint density at radius 1 is 1.37 bits per heavy atom. The van der Waals surface area contributed by atoms with Crippen LogP contribution in [0.25, 0.3) is 11.0 Å². The molecule has 3 heteroatoms. The minimum absolute atomic E-state index is 0.186. The van der Waals surface area contributed by atoms with Crippen molar-refractivity contribution >= 4 is 11.0 Å². The number of halogens is 1. The first kappa shape index (κ1) is 14.1. The van der Waals surface area contributed by atoms with E-state index in [0.717, 1.165) is 35.1 Å². The summed E-state index contributed by atoms with van der Waals surface area (Å²) in [6, 6.07) is 4.88. The van der Waals surface area contributed by atoms with Crippen molar-refractivity contribution in [3.63, 3.8) is 0 Å². The van der Waals surface area contributed by atoms with Crippen LogP contribution < -0.4 is 5.32 Å². The molecule has 0 radical (unpaired) electrons. The average Bonchev–Trinajstić information content (AvgIpc) is 2.73. The van der Waals surface area contributed by atoms with Crippen molar-refractivity contribution in [1.82, 2.24) is 5.32 Å². The molecule has 2 unspecified atom stereocenters. The molecule has 0 saturated carbocycles. The number of benzene rings is 1. The molecule has 0 bridgehead atoms. The molecule has 1 aromatic heterocycles. The Morgan fingerprint density at radius 3 is 2.74 bits per heavy atom. The third-order valence-electron chi connectivity index (χ3n) is 3.94. The van der Waals surface area contributed by atoms with Gasteiger partial charge >= 0.3 is 0 Å². The number of hydrogen-bond acceptors (Lipinski definition) is 2. The number of aryl methyl sites for hydroxylation is 1. The van der Waals surface area contributed by atoms with E-state index in [1.165, 1.54) is 6.07 Å². The number of furan rings is 1. The van der Waals surface area contributed by atoms with E-state index >= 15 is 0 Å². The molecule has 2 atom stereocenters. The largest absolute Gasteiger partial charge is 0.459 e. The maximum absolute atomic E-state index is 13.3. The number of hydrogen-bond donors (Lipinski definition) is 1. The van der Waals surface area contributed by atoms with E-state index in [1.807, 2.05) is 14.0 Å². The van der Waals surface area contributed by atoms with Crippen LogP contribution in [0.5, 0.6) is 0 Å². The van der Waals surface area contributed by atoms with E-state index < -0.39 is 0 Å². The average molecular weight is 263 g/mol. The van der Waals surface area contributed by atoms with Crippen molar-refractivity contribution in [3.05, 3.63) is 35.3 Å². The molecule has 0 spiro atoms. The monoisotopic (exact) mass is 263 g/mol. The predicted octanol–water partition coefficient (Wildman–Crippen LogP) is 4.58. The van der Waals surface area contributed by atoms with Gasteiger partial charge in [-0.1, -0.05) is 20.3 Å². The lowest BCUT2D eigenvalue weighted by molar-refractivity contribution is 0.369. The second-order valence-electron chi connectivity index (χ2n) is 5.32. The van der Waals surface area contributed by atoms with Gasteiger partial charge in [0.15, 0.2) is 0 Å². The minimum Gasteiger partial charge on any atom is -0.459 e. The van der Waals surface area contributed by atoms with Crippen molar-refractivity contribution in [2.75, 3.05) is 7.05 Å². The highest BCUT2D eigenvalue weighted by molar-refractivity contribution is 5.82. The van der Waals surface area contributed by atoms with Crippen molar-refractivity contribution in [1.29, 1.82) is 0 Å². The zero-order valence-corrected chi connectivity index (χ0v) is 12.1. The standard InChI is InChI=1S/C16H22FNO/c1-5-10(2)8-14(18-4)16-11(3)13-9-12(17)6-7-15(13)19-16/h6-7,9-10,14,18H,5,8H2,1-4H3. The molecule has 0 aliphatic carbocycles. The number of nitrogens with one attached hydrogen (secondary N) is 1. The van der Waals surface area contributed by atoms with E-state index in [2.05, 4.69) is 19.2 Å². The molecule has 0 aliphatic rings. The van der Waals surface area contributed by atoms with E-state index in [0.29, 0.717) is 5.92 Å². The Kier molecular flexibility index (Phi) is 4.25. The molecule has 0 fully saturated rings. The molecular formula is C16H22FNO. The smallest absolute Gasteiger partial charge is 0.134 e. The second kappa shape index (κ2) is 5.74. The summed E-state index contributed by atoms with van der Waals surface area (Å²) in [5, 5.41) is 4.19. The van der Waals surface area contributed by atoms with E-state index in [-0.39, 0.29) is 11.9 Å². The first-order valence-electron chi connectivity index (χ1n) is 6.92. The van der Waals surface area contributed by atoms with Crippen LogP contribution in [0.15, 0.2) is 22.6 Å². The fourth-order valence-electron chi connectivity index (χ4n) is 2.47. The molecule has 104 valence electrons. The van der Waals surface area contributed by atoms with Gasteiger partial charge in [0, 0.05) is 10.9 Å². The van der Waals surface area contributed by atoms with Crippen LogP contribution in [0.3, 0.4) is 0 Å². The summed E-state index contributed by atoms with van der Waals surface area (Å²) in [5.41, 5.74) is 1.80. The Hall–Kier alpha value is -1.35. The van der Waals surface area contributed by atoms with Crippen LogP contribution in [-0.4, -0.2) is 7.05 Å². The summed E-state index contributed by atoms with van der Waals surface area (Å²) in [5.74, 6) is 1.34. The summed E-state index contributed by atoms with van der Waals surface area (Å²) in [6.45, 7) is 6.43. The van der Waals surface area contributed by atoms with Crippen LogP contribution in [0, 0.1) is 18.7 Å². The number of fused-ring (bicyclic) bond motifs is 1. The van der Waals surface area contributed by atoms with Crippen LogP contribution >= 0.6 is 0 Å². The van der Waals surface area contributed by atoms with Gasteiger partial charge in [-0.05, 0) is 44.5 Å². The van der Waals surface area contributed by atoms with Crippen molar-refractivity contribution in [2.45, 2.75) is 39.7 Å². The first-order chi connectivity index (χ1) is 9.06. The van der Waals surface area contributed by atoms with Gasteiger partial charge in [0.05, 0.1) is 6.04 Å². The Bertz CT molecular complexity index is 561. The maximum Gasteiger partial charge on any atom is 0.134 e. The van der Waals surface area contributed by atoms with Crippen LogP contribution in [0.4, 0.5) is 4.39 Å². The maximum atomic E-state index is 13.3. The molecule has 1 aromatic carbocycles. The summed E-state index contributed by atoms with van der Waals surface area (Å²) < 4.78 is 19.2. The van der Waals surface area contributed by atoms with Crippen molar-refractivity contribution in [3.8, 4) is 0 Å². The highest BCUT2D eigenvalue weighted by Gasteiger charge is 2.20. The van der Waals surface area contributed by atoms with Gasteiger partial charge in [-0.15, -0.1) is 0 Å². The van der Waals surface area contributed by atoms with Crippen LogP contribution in [0.1, 0.15) is 44.1 Å². The molecule has 0 saturated heterocycles. The van der Waals surface area contributed by atoms with Gasteiger partial charge in [0.25, 0.3) is 0 Å². The highest BCUT2D eigenvalue weighted by atomic mass is 19.1. The highest BCUT2D eigenvalue weighted by Crippen LogP contribution is 2.33. The van der Waals surface area contributed by atoms with Gasteiger partial charge in [0.1, 0.15) is 17.2 Å². The van der Waals surface area contributed by atoms with Gasteiger partial charge in [0.2, 0.25) is 0 Å². The normalized spacial score (nSPS) is 14.8. The third-order valence-corrected chi connectivity index (χ3v) is 3.94. The van der Waals surface area contributed by atoms with Crippen LogP contribution in [-0.2, 0) is 0 Å². The van der Waals surface area contributed by atoms with Gasteiger partial charge in [-0.3, -0.25) is 0 Å². The topological polar surface area (TPSA) is 25.2 Å². The Labute approximate surface area is 114 Å². The van der Waals surface area contributed by atoms with Crippen molar-refractivity contribution in [2.24, 2.45) is 5.92 Å². The molecule has 1 N–H and O–H groups in total. The summed E-state index contributed by atoms with van der Waals surface area (Å²) in [7, 11) is 1.94.